The molecule has 0 bridgehead atoms. The van der Waals surface area contributed by atoms with Crippen molar-refractivity contribution in [1.82, 2.24) is 9.88 Å². The van der Waals surface area contributed by atoms with Crippen molar-refractivity contribution in [2.24, 2.45) is 0 Å². The Kier molecular flexibility index (Phi) is 13.0. The summed E-state index contributed by atoms with van der Waals surface area (Å²) in [5.74, 6) is 0.676. The fourth-order valence-electron chi connectivity index (χ4n) is 5.85. The molecule has 2 nitrogen and oxygen atoms in total. The van der Waals surface area contributed by atoms with Gasteiger partial charge in [-0.2, -0.15) is 0 Å². The topological polar surface area (TPSA) is 19.0 Å². The molecule has 1 unspecified atom stereocenters. The Morgan fingerprint density at radius 2 is 1.68 bits per heavy atom. The van der Waals surface area contributed by atoms with Crippen LogP contribution in [0.1, 0.15) is 114 Å². The molecule has 1 saturated heterocycles. The van der Waals surface area contributed by atoms with E-state index < -0.39 is 0 Å². The Hall–Kier alpha value is -2.00. The third kappa shape index (κ3) is 10.3. The van der Waals surface area contributed by atoms with Crippen LogP contribution in [0.3, 0.4) is 0 Å². The molecule has 1 N–H and O–H groups in total. The lowest BCUT2D eigenvalue weighted by Gasteiger charge is -2.29. The summed E-state index contributed by atoms with van der Waals surface area (Å²) in [6.07, 6.45) is 28.3. The Labute approximate surface area is 235 Å². The highest BCUT2D eigenvalue weighted by atomic mass is 15.1. The van der Waals surface area contributed by atoms with Crippen molar-refractivity contribution in [2.75, 3.05) is 20.1 Å². The Balaban J connectivity index is 1.33. The van der Waals surface area contributed by atoms with Crippen molar-refractivity contribution in [2.45, 2.75) is 115 Å². The first-order chi connectivity index (χ1) is 18.4. The minimum atomic E-state index is -0.314. The summed E-state index contributed by atoms with van der Waals surface area (Å²) < 4.78 is 0. The molecule has 0 amide bonds. The molecule has 206 valence electrons. The molecule has 1 fully saturated rings. The van der Waals surface area contributed by atoms with Crippen LogP contribution in [-0.2, 0) is 6.42 Å². The van der Waals surface area contributed by atoms with Crippen LogP contribution in [0.4, 0.5) is 0 Å². The summed E-state index contributed by atoms with van der Waals surface area (Å²) in [6, 6.07) is 6.75. The molecule has 1 atom stereocenters. The first-order valence-electron chi connectivity index (χ1n) is 15.5. The number of unbranched alkanes of at least 4 members (excludes halogenated alkanes) is 8. The first-order valence-corrected chi connectivity index (χ1v) is 15.5. The highest BCUT2D eigenvalue weighted by Crippen LogP contribution is 2.35. The SMILES string of the molecule is [B]C(C)(/C=C\CCCCC)/C=C\CCCCCCCC(=C)Cc1cccc2[nH]cc(C3CCN(C)CC3)c12. The quantitative estimate of drug-likeness (QED) is 0.127. The number of piperidine rings is 1. The van der Waals surface area contributed by atoms with Crippen molar-refractivity contribution >= 4 is 18.7 Å². The predicted molar refractivity (Wildman–Crippen MR) is 169 cm³/mol. The molecule has 2 aromatic rings. The molecular formula is C35H53BN2. The highest BCUT2D eigenvalue weighted by molar-refractivity contribution is 6.17. The second kappa shape index (κ2) is 16.2. The average Bonchev–Trinajstić information content (AvgIpc) is 3.33. The lowest BCUT2D eigenvalue weighted by Crippen LogP contribution is -2.29. The summed E-state index contributed by atoms with van der Waals surface area (Å²) >= 11 is 0. The standard InChI is InChI=1S/C35H53BN2/c1-5-6-7-12-15-23-35(3,36)24-16-13-10-8-9-11-14-18-29(2)27-31-19-17-20-33-34(31)32(28-37-33)30-21-25-38(4)26-22-30/h15-17,19-20,23-24,28,30,37H,2,5-14,18,21-22,25-27H2,1,3-4H3/b23-15-,24-16-. The Morgan fingerprint density at radius 1 is 1.03 bits per heavy atom. The summed E-state index contributed by atoms with van der Waals surface area (Å²) in [4.78, 5) is 6.01. The fraction of sp³-hybridized carbons (Fsp3) is 0.600. The van der Waals surface area contributed by atoms with Crippen LogP contribution < -0.4 is 0 Å². The molecule has 0 aliphatic carbocycles. The summed E-state index contributed by atoms with van der Waals surface area (Å²) in [7, 11) is 8.63. The maximum absolute atomic E-state index is 6.39. The third-order valence-electron chi connectivity index (χ3n) is 8.25. The molecule has 1 aromatic carbocycles. The van der Waals surface area contributed by atoms with Gasteiger partial charge in [-0.05, 0) is 106 Å². The van der Waals surface area contributed by atoms with Crippen LogP contribution in [0.25, 0.3) is 10.9 Å². The predicted octanol–water partition coefficient (Wildman–Crippen LogP) is 9.85. The number of hydrogen-bond donors (Lipinski definition) is 1. The molecule has 3 heteroatoms. The van der Waals surface area contributed by atoms with Gasteiger partial charge in [0.1, 0.15) is 0 Å². The number of likely N-dealkylation sites (tertiary alicyclic amines) is 1. The van der Waals surface area contributed by atoms with E-state index in [2.05, 4.69) is 86.1 Å². The number of fused-ring (bicyclic) bond motifs is 1. The zero-order valence-corrected chi connectivity index (χ0v) is 24.7. The van der Waals surface area contributed by atoms with Crippen LogP contribution in [0.5, 0.6) is 0 Å². The van der Waals surface area contributed by atoms with Gasteiger partial charge in [-0.1, -0.05) is 94.5 Å². The second-order valence-electron chi connectivity index (χ2n) is 12.1. The maximum Gasteiger partial charge on any atom is 0.0854 e. The van der Waals surface area contributed by atoms with E-state index in [-0.39, 0.29) is 5.31 Å². The van der Waals surface area contributed by atoms with E-state index >= 15 is 0 Å². The van der Waals surface area contributed by atoms with E-state index in [0.29, 0.717) is 5.92 Å². The van der Waals surface area contributed by atoms with E-state index in [9.17, 15) is 0 Å². The Bertz CT molecular complexity index is 1020. The number of H-pyrrole nitrogens is 1. The number of nitrogens with one attached hydrogen (secondary N) is 1. The van der Waals surface area contributed by atoms with Crippen molar-refractivity contribution in [3.05, 3.63) is 72.0 Å². The summed E-state index contributed by atoms with van der Waals surface area (Å²) in [6.45, 7) is 11.2. The molecular weight excluding hydrogens is 459 g/mol. The van der Waals surface area contributed by atoms with Gasteiger partial charge in [-0.25, -0.2) is 0 Å². The van der Waals surface area contributed by atoms with E-state index in [1.807, 2.05) is 0 Å². The largest absolute Gasteiger partial charge is 0.361 e. The number of hydrogen-bond acceptors (Lipinski definition) is 1. The van der Waals surface area contributed by atoms with Crippen LogP contribution in [0, 0.1) is 0 Å². The summed E-state index contributed by atoms with van der Waals surface area (Å²) in [5.41, 5.74) is 5.65. The minimum Gasteiger partial charge on any atom is -0.361 e. The van der Waals surface area contributed by atoms with E-state index in [0.717, 1.165) is 25.7 Å². The maximum atomic E-state index is 6.39. The number of allylic oxidation sites excluding steroid dienone is 5. The lowest BCUT2D eigenvalue weighted by molar-refractivity contribution is 0.256. The van der Waals surface area contributed by atoms with E-state index in [1.165, 1.54) is 105 Å². The number of nitrogens with zero attached hydrogens (tertiary/aromatic N) is 1. The lowest BCUT2D eigenvalue weighted by atomic mass is 9.70. The van der Waals surface area contributed by atoms with Crippen LogP contribution in [0.15, 0.2) is 60.9 Å². The smallest absolute Gasteiger partial charge is 0.0854 e. The van der Waals surface area contributed by atoms with Gasteiger partial charge < -0.3 is 9.88 Å². The van der Waals surface area contributed by atoms with Crippen molar-refractivity contribution in [3.63, 3.8) is 0 Å². The van der Waals surface area contributed by atoms with Gasteiger partial charge in [0.05, 0.1) is 7.85 Å². The minimum absolute atomic E-state index is 0.314. The summed E-state index contributed by atoms with van der Waals surface area (Å²) in [5, 5.41) is 1.15. The van der Waals surface area contributed by atoms with Gasteiger partial charge in [0, 0.05) is 17.1 Å². The van der Waals surface area contributed by atoms with Crippen LogP contribution in [0.2, 0.25) is 5.31 Å². The van der Waals surface area contributed by atoms with Gasteiger partial charge in [0.2, 0.25) is 0 Å². The fourth-order valence-corrected chi connectivity index (χ4v) is 5.85. The monoisotopic (exact) mass is 512 g/mol. The molecule has 1 aromatic heterocycles. The number of aromatic amines is 1. The normalized spacial score (nSPS) is 17.1. The van der Waals surface area contributed by atoms with Crippen LogP contribution >= 0.6 is 0 Å². The van der Waals surface area contributed by atoms with E-state index in [1.54, 1.807) is 0 Å². The van der Waals surface area contributed by atoms with Gasteiger partial charge >= 0.3 is 0 Å². The second-order valence-corrected chi connectivity index (χ2v) is 12.1. The van der Waals surface area contributed by atoms with Gasteiger partial charge in [0.25, 0.3) is 0 Å². The molecule has 3 rings (SSSR count). The van der Waals surface area contributed by atoms with Crippen molar-refractivity contribution in [3.8, 4) is 0 Å². The average molecular weight is 513 g/mol. The molecule has 1 aliphatic rings. The highest BCUT2D eigenvalue weighted by Gasteiger charge is 2.22. The first kappa shape index (κ1) is 30.5. The zero-order valence-electron chi connectivity index (χ0n) is 24.7. The van der Waals surface area contributed by atoms with Crippen molar-refractivity contribution in [1.29, 1.82) is 0 Å². The zero-order chi connectivity index (χ0) is 27.2. The van der Waals surface area contributed by atoms with E-state index in [4.69, 9.17) is 7.85 Å². The molecule has 1 aliphatic heterocycles. The van der Waals surface area contributed by atoms with Crippen molar-refractivity contribution < 1.29 is 0 Å². The molecule has 38 heavy (non-hydrogen) atoms. The molecule has 2 heterocycles. The number of benzene rings is 1. The van der Waals surface area contributed by atoms with Gasteiger partial charge in [-0.3, -0.25) is 0 Å². The third-order valence-corrected chi connectivity index (χ3v) is 8.25. The number of rotatable bonds is 17. The molecule has 2 radical (unpaired) electrons. The molecule has 0 saturated carbocycles. The Morgan fingerprint density at radius 3 is 2.39 bits per heavy atom. The van der Waals surface area contributed by atoms with Gasteiger partial charge in [-0.15, -0.1) is 0 Å². The van der Waals surface area contributed by atoms with Crippen LogP contribution in [-0.4, -0.2) is 37.9 Å². The molecule has 0 spiro atoms. The number of aromatic nitrogens is 1. The van der Waals surface area contributed by atoms with Gasteiger partial charge in [0.15, 0.2) is 0 Å².